The summed E-state index contributed by atoms with van der Waals surface area (Å²) < 4.78 is 2.26. The van der Waals surface area contributed by atoms with Crippen molar-refractivity contribution < 1.29 is 4.79 Å². The summed E-state index contributed by atoms with van der Waals surface area (Å²) in [4.78, 5) is 16.6. The van der Waals surface area contributed by atoms with Crippen molar-refractivity contribution in [2.75, 3.05) is 13.1 Å². The van der Waals surface area contributed by atoms with Crippen molar-refractivity contribution in [3.63, 3.8) is 0 Å². The number of fused-ring (bicyclic) bond motifs is 1. The molecule has 0 spiro atoms. The second kappa shape index (κ2) is 7.30. The molecule has 0 bridgehead atoms. The van der Waals surface area contributed by atoms with E-state index in [-0.39, 0.29) is 6.03 Å². The van der Waals surface area contributed by atoms with Gasteiger partial charge in [0.15, 0.2) is 0 Å². The summed E-state index contributed by atoms with van der Waals surface area (Å²) in [6.07, 6.45) is 7.67. The average molecular weight is 338 g/mol. The smallest absolute Gasteiger partial charge is 0.314 e. The number of imidazole rings is 1. The lowest BCUT2D eigenvalue weighted by Crippen LogP contribution is -2.37. The van der Waals surface area contributed by atoms with Crippen molar-refractivity contribution in [1.29, 1.82) is 0 Å². The van der Waals surface area contributed by atoms with Crippen molar-refractivity contribution in [2.45, 2.75) is 44.6 Å². The van der Waals surface area contributed by atoms with E-state index in [0.717, 1.165) is 31.6 Å². The lowest BCUT2D eigenvalue weighted by molar-refractivity contribution is 0.240. The number of hydrogen-bond acceptors (Lipinski definition) is 2. The van der Waals surface area contributed by atoms with Crippen molar-refractivity contribution in [2.24, 2.45) is 5.92 Å². The molecule has 2 heterocycles. The molecule has 1 aromatic heterocycles. The van der Waals surface area contributed by atoms with Crippen LogP contribution in [0, 0.1) is 5.92 Å². The molecule has 1 fully saturated rings. The zero-order valence-corrected chi connectivity index (χ0v) is 14.6. The summed E-state index contributed by atoms with van der Waals surface area (Å²) in [5.74, 6) is 2.39. The highest BCUT2D eigenvalue weighted by molar-refractivity contribution is 5.73. The first-order valence-corrected chi connectivity index (χ1v) is 9.41. The van der Waals surface area contributed by atoms with Gasteiger partial charge >= 0.3 is 6.03 Å². The quantitative estimate of drug-likeness (QED) is 0.851. The minimum atomic E-state index is -0.0670. The molecule has 0 unspecified atom stereocenters. The van der Waals surface area contributed by atoms with Crippen molar-refractivity contribution in [1.82, 2.24) is 20.2 Å². The van der Waals surface area contributed by atoms with E-state index < -0.39 is 0 Å². The topological polar surface area (TPSA) is 59.0 Å². The fraction of sp³-hybridized carbons (Fsp3) is 0.500. The van der Waals surface area contributed by atoms with Crippen LogP contribution in [0.4, 0.5) is 4.79 Å². The second-order valence-electron chi connectivity index (χ2n) is 7.20. The maximum Gasteiger partial charge on any atom is 0.314 e. The van der Waals surface area contributed by atoms with Crippen LogP contribution in [0.1, 0.15) is 42.3 Å². The highest BCUT2D eigenvalue weighted by Crippen LogP contribution is 2.46. The van der Waals surface area contributed by atoms with E-state index >= 15 is 0 Å². The van der Waals surface area contributed by atoms with E-state index in [2.05, 4.69) is 50.6 Å². The van der Waals surface area contributed by atoms with Gasteiger partial charge in [0.2, 0.25) is 0 Å². The van der Waals surface area contributed by atoms with Gasteiger partial charge in [-0.05, 0) is 36.7 Å². The normalized spacial score (nSPS) is 21.4. The maximum atomic E-state index is 12.0. The van der Waals surface area contributed by atoms with E-state index in [0.29, 0.717) is 18.4 Å². The SMILES string of the molecule is O=C(NCCc1cn2c(n1)CCCC2)NC[C@@H]1C[C@@H]1c1ccccc1. The number of carbonyl (C=O) groups is 1. The molecule has 1 saturated carbocycles. The Morgan fingerprint density at radius 3 is 2.92 bits per heavy atom. The van der Waals surface area contributed by atoms with Gasteiger partial charge in [0, 0.05) is 38.7 Å². The largest absolute Gasteiger partial charge is 0.338 e. The van der Waals surface area contributed by atoms with Crippen LogP contribution in [0.15, 0.2) is 36.5 Å². The number of nitrogens with one attached hydrogen (secondary N) is 2. The summed E-state index contributed by atoms with van der Waals surface area (Å²) in [6, 6.07) is 10.5. The zero-order valence-electron chi connectivity index (χ0n) is 14.6. The molecule has 2 atom stereocenters. The van der Waals surface area contributed by atoms with Crippen LogP contribution in [0.2, 0.25) is 0 Å². The standard InChI is InChI=1S/C20H26N4O/c25-20(22-13-16-12-18(16)15-6-2-1-3-7-15)21-10-9-17-14-24-11-5-4-8-19(24)23-17/h1-3,6-7,14,16,18H,4-5,8-13H2,(H2,21,22,25)/t16-,18+/m0/s1. The van der Waals surface area contributed by atoms with Crippen LogP contribution >= 0.6 is 0 Å². The molecule has 1 aliphatic heterocycles. The van der Waals surface area contributed by atoms with E-state index in [1.807, 2.05) is 6.07 Å². The third kappa shape index (κ3) is 4.03. The first-order valence-electron chi connectivity index (χ1n) is 9.41. The lowest BCUT2D eigenvalue weighted by atomic mass is 10.1. The second-order valence-corrected chi connectivity index (χ2v) is 7.20. The van der Waals surface area contributed by atoms with Gasteiger partial charge < -0.3 is 15.2 Å². The molecular weight excluding hydrogens is 312 g/mol. The van der Waals surface area contributed by atoms with E-state index in [9.17, 15) is 4.79 Å². The Morgan fingerprint density at radius 2 is 2.08 bits per heavy atom. The zero-order chi connectivity index (χ0) is 17.1. The number of rotatable bonds is 6. The average Bonchev–Trinajstić information content (AvgIpc) is 3.31. The summed E-state index contributed by atoms with van der Waals surface area (Å²) in [5.41, 5.74) is 2.47. The molecule has 2 aliphatic rings. The van der Waals surface area contributed by atoms with Crippen molar-refractivity contribution in [3.8, 4) is 0 Å². The van der Waals surface area contributed by atoms with Crippen LogP contribution < -0.4 is 10.6 Å². The molecule has 2 aromatic rings. The van der Waals surface area contributed by atoms with Gasteiger partial charge in [0.05, 0.1) is 5.69 Å². The van der Waals surface area contributed by atoms with Gasteiger partial charge in [0.1, 0.15) is 5.82 Å². The van der Waals surface area contributed by atoms with Gasteiger partial charge in [-0.25, -0.2) is 9.78 Å². The molecule has 2 N–H and O–H groups in total. The minimum Gasteiger partial charge on any atom is -0.338 e. The number of hydrogen-bond donors (Lipinski definition) is 2. The molecule has 25 heavy (non-hydrogen) atoms. The Hall–Kier alpha value is -2.30. The van der Waals surface area contributed by atoms with E-state index in [1.165, 1.54) is 30.7 Å². The Bertz CT molecular complexity index is 701. The molecule has 4 rings (SSSR count). The molecule has 1 aliphatic carbocycles. The molecule has 5 heteroatoms. The van der Waals surface area contributed by atoms with Gasteiger partial charge in [-0.2, -0.15) is 0 Å². The molecule has 132 valence electrons. The van der Waals surface area contributed by atoms with Gasteiger partial charge in [0.25, 0.3) is 0 Å². The van der Waals surface area contributed by atoms with E-state index in [4.69, 9.17) is 0 Å². The minimum absolute atomic E-state index is 0.0670. The lowest BCUT2D eigenvalue weighted by Gasteiger charge is -2.11. The molecule has 2 amide bonds. The molecule has 1 aromatic carbocycles. The fourth-order valence-electron chi connectivity index (χ4n) is 3.76. The number of benzene rings is 1. The van der Waals surface area contributed by atoms with Gasteiger partial charge in [-0.1, -0.05) is 30.3 Å². The number of aromatic nitrogens is 2. The summed E-state index contributed by atoms with van der Waals surface area (Å²) in [5, 5.41) is 5.95. The van der Waals surface area contributed by atoms with Gasteiger partial charge in [-0.15, -0.1) is 0 Å². The predicted molar refractivity (Wildman–Crippen MR) is 97.6 cm³/mol. The molecule has 0 saturated heterocycles. The molecule has 5 nitrogen and oxygen atoms in total. The third-order valence-electron chi connectivity index (χ3n) is 5.30. The summed E-state index contributed by atoms with van der Waals surface area (Å²) >= 11 is 0. The highest BCUT2D eigenvalue weighted by atomic mass is 16.2. The van der Waals surface area contributed by atoms with Crippen LogP contribution in [0.3, 0.4) is 0 Å². The Morgan fingerprint density at radius 1 is 1.20 bits per heavy atom. The first-order chi connectivity index (χ1) is 12.3. The van der Waals surface area contributed by atoms with Crippen molar-refractivity contribution in [3.05, 3.63) is 53.6 Å². The van der Waals surface area contributed by atoms with Gasteiger partial charge in [-0.3, -0.25) is 0 Å². The number of aryl methyl sites for hydroxylation is 2. The fourth-order valence-corrected chi connectivity index (χ4v) is 3.76. The van der Waals surface area contributed by atoms with Crippen LogP contribution in [0.5, 0.6) is 0 Å². The number of nitrogens with zero attached hydrogens (tertiary/aromatic N) is 2. The number of amides is 2. The first kappa shape index (κ1) is 16.2. The summed E-state index contributed by atoms with van der Waals surface area (Å²) in [7, 11) is 0. The van der Waals surface area contributed by atoms with E-state index in [1.54, 1.807) is 0 Å². The van der Waals surface area contributed by atoms with Crippen LogP contribution in [-0.2, 0) is 19.4 Å². The number of urea groups is 1. The molecular formula is C20H26N4O. The number of carbonyl (C=O) groups excluding carboxylic acids is 1. The molecule has 0 radical (unpaired) electrons. The van der Waals surface area contributed by atoms with Crippen LogP contribution in [0.25, 0.3) is 0 Å². The summed E-state index contributed by atoms with van der Waals surface area (Å²) in [6.45, 7) is 2.47. The third-order valence-corrected chi connectivity index (χ3v) is 5.30. The predicted octanol–water partition coefficient (Wildman–Crippen LogP) is 2.86. The highest BCUT2D eigenvalue weighted by Gasteiger charge is 2.37. The van der Waals surface area contributed by atoms with Crippen LogP contribution in [-0.4, -0.2) is 28.7 Å². The maximum absolute atomic E-state index is 12.0. The Balaban J connectivity index is 1.15. The Labute approximate surface area is 148 Å². The van der Waals surface area contributed by atoms with Crippen molar-refractivity contribution >= 4 is 6.03 Å². The Kier molecular flexibility index (Phi) is 4.72. The monoisotopic (exact) mass is 338 g/mol.